The molecule has 3 heterocycles. The molecule has 8 heteroatoms. The summed E-state index contributed by atoms with van der Waals surface area (Å²) < 4.78 is 10.7. The smallest absolute Gasteiger partial charge is 0.344 e. The average Bonchev–Trinajstić information content (AvgIpc) is 3.52. The van der Waals surface area contributed by atoms with Crippen molar-refractivity contribution < 1.29 is 18.4 Å². The van der Waals surface area contributed by atoms with E-state index in [1.165, 1.54) is 6.26 Å². The van der Waals surface area contributed by atoms with E-state index in [4.69, 9.17) is 8.83 Å². The molecule has 5 aromatic rings. The average molecular weight is 520 g/mol. The lowest BCUT2D eigenvalue weighted by Crippen LogP contribution is -2.48. The van der Waals surface area contributed by atoms with Gasteiger partial charge in [0.25, 0.3) is 11.8 Å². The van der Waals surface area contributed by atoms with Gasteiger partial charge in [0.05, 0.1) is 11.8 Å². The summed E-state index contributed by atoms with van der Waals surface area (Å²) in [5.41, 5.74) is 3.19. The first-order valence-electron chi connectivity index (χ1n) is 12.7. The number of nitrogens with one attached hydrogen (secondary N) is 1. The molecular weight excluding hydrogens is 494 g/mol. The summed E-state index contributed by atoms with van der Waals surface area (Å²) in [4.78, 5) is 42.1. The number of furan rings is 1. The summed E-state index contributed by atoms with van der Waals surface area (Å²) in [6.45, 7) is 2.61. The molecule has 194 valence electrons. The minimum Gasteiger partial charge on any atom is -0.459 e. The van der Waals surface area contributed by atoms with Crippen molar-refractivity contribution in [3.8, 4) is 11.1 Å². The van der Waals surface area contributed by atoms with Gasteiger partial charge in [0, 0.05) is 48.5 Å². The van der Waals surface area contributed by atoms with Crippen LogP contribution in [0.1, 0.15) is 20.9 Å². The van der Waals surface area contributed by atoms with E-state index in [1.807, 2.05) is 42.5 Å². The molecule has 1 saturated heterocycles. The Morgan fingerprint density at radius 2 is 1.59 bits per heavy atom. The Balaban J connectivity index is 1.11. The molecule has 0 spiro atoms. The number of carbonyl (C=O) groups excluding carboxylic acids is 2. The molecule has 1 aliphatic heterocycles. The standard InChI is InChI=1S/C31H25N3O5/c35-29(23-7-3-6-21(19-23)26-20-22-5-1-2-8-27(22)39-31(26)37)32-24-10-12-25(13-11-24)33-14-16-34(17-15-33)30(36)28-9-4-18-38-28/h1-13,18-20H,14-17H2,(H,32,35). The predicted molar refractivity (Wildman–Crippen MR) is 149 cm³/mol. The fraction of sp³-hybridized carbons (Fsp3) is 0.129. The zero-order valence-corrected chi connectivity index (χ0v) is 21.0. The number of carbonyl (C=O) groups is 2. The second kappa shape index (κ2) is 10.3. The Morgan fingerprint density at radius 3 is 2.36 bits per heavy atom. The van der Waals surface area contributed by atoms with E-state index < -0.39 is 5.63 Å². The van der Waals surface area contributed by atoms with E-state index in [9.17, 15) is 14.4 Å². The maximum Gasteiger partial charge on any atom is 0.344 e. The number of hydrogen-bond acceptors (Lipinski definition) is 6. The van der Waals surface area contributed by atoms with E-state index in [1.54, 1.807) is 53.4 Å². The lowest BCUT2D eigenvalue weighted by molar-refractivity contribution is 0.0714. The van der Waals surface area contributed by atoms with Crippen LogP contribution in [0.25, 0.3) is 22.1 Å². The van der Waals surface area contributed by atoms with Crippen molar-refractivity contribution in [3.63, 3.8) is 0 Å². The minimum absolute atomic E-state index is 0.0942. The first-order valence-corrected chi connectivity index (χ1v) is 12.7. The number of para-hydroxylation sites is 1. The van der Waals surface area contributed by atoms with Crippen LogP contribution < -0.4 is 15.8 Å². The molecule has 2 amide bonds. The summed E-state index contributed by atoms with van der Waals surface area (Å²) in [6.07, 6.45) is 1.50. The van der Waals surface area contributed by atoms with E-state index >= 15 is 0 Å². The third-order valence-corrected chi connectivity index (χ3v) is 6.87. The summed E-state index contributed by atoms with van der Waals surface area (Å²) in [5.74, 6) is -0.0158. The van der Waals surface area contributed by atoms with Crippen molar-refractivity contribution in [1.82, 2.24) is 4.90 Å². The van der Waals surface area contributed by atoms with Gasteiger partial charge in [-0.25, -0.2) is 4.79 Å². The highest BCUT2D eigenvalue weighted by Gasteiger charge is 2.24. The van der Waals surface area contributed by atoms with Gasteiger partial charge in [0.2, 0.25) is 0 Å². The van der Waals surface area contributed by atoms with Crippen LogP contribution in [0.2, 0.25) is 0 Å². The molecular formula is C31H25N3O5. The molecule has 3 aromatic carbocycles. The van der Waals surface area contributed by atoms with Crippen molar-refractivity contribution in [3.05, 3.63) is 119 Å². The van der Waals surface area contributed by atoms with E-state index in [-0.39, 0.29) is 11.8 Å². The number of nitrogens with zero attached hydrogens (tertiary/aromatic N) is 2. The third kappa shape index (κ3) is 5.04. The van der Waals surface area contributed by atoms with Gasteiger partial charge in [-0.3, -0.25) is 9.59 Å². The summed E-state index contributed by atoms with van der Waals surface area (Å²) in [6, 6.07) is 27.0. The van der Waals surface area contributed by atoms with Crippen LogP contribution in [0.15, 0.2) is 111 Å². The molecule has 0 unspecified atom stereocenters. The Kier molecular flexibility index (Phi) is 6.42. The Labute approximate surface area is 224 Å². The predicted octanol–water partition coefficient (Wildman–Crippen LogP) is 5.27. The highest BCUT2D eigenvalue weighted by molar-refractivity contribution is 6.05. The molecule has 6 rings (SSSR count). The number of amides is 2. The Hall–Kier alpha value is -5.11. The molecule has 39 heavy (non-hydrogen) atoms. The Bertz CT molecular complexity index is 1700. The van der Waals surface area contributed by atoms with Crippen LogP contribution in [0.3, 0.4) is 0 Å². The number of anilines is 2. The van der Waals surface area contributed by atoms with Crippen LogP contribution in [-0.4, -0.2) is 42.9 Å². The van der Waals surface area contributed by atoms with Crippen LogP contribution in [-0.2, 0) is 0 Å². The van der Waals surface area contributed by atoms with Gasteiger partial charge in [-0.2, -0.15) is 0 Å². The first-order chi connectivity index (χ1) is 19.0. The fourth-order valence-corrected chi connectivity index (χ4v) is 4.77. The van der Waals surface area contributed by atoms with Gasteiger partial charge < -0.3 is 24.0 Å². The lowest BCUT2D eigenvalue weighted by Gasteiger charge is -2.35. The normalized spacial score (nSPS) is 13.4. The van der Waals surface area contributed by atoms with Crippen molar-refractivity contribution in [2.24, 2.45) is 0 Å². The van der Waals surface area contributed by atoms with Gasteiger partial charge in [-0.1, -0.05) is 30.3 Å². The third-order valence-electron chi connectivity index (χ3n) is 6.87. The number of fused-ring (bicyclic) bond motifs is 1. The van der Waals surface area contributed by atoms with Gasteiger partial charge in [0.15, 0.2) is 5.76 Å². The van der Waals surface area contributed by atoms with Gasteiger partial charge >= 0.3 is 5.63 Å². The van der Waals surface area contributed by atoms with E-state index in [0.717, 1.165) is 11.1 Å². The maximum absolute atomic E-state index is 13.0. The number of benzene rings is 3. The van der Waals surface area contributed by atoms with Crippen molar-refractivity contribution in [1.29, 1.82) is 0 Å². The second-order valence-electron chi connectivity index (χ2n) is 9.32. The van der Waals surface area contributed by atoms with Crippen LogP contribution in [0.5, 0.6) is 0 Å². The summed E-state index contributed by atoms with van der Waals surface area (Å²) in [7, 11) is 0. The molecule has 0 aliphatic carbocycles. The molecule has 0 bridgehead atoms. The van der Waals surface area contributed by atoms with Gasteiger partial charge in [0.1, 0.15) is 5.58 Å². The van der Waals surface area contributed by atoms with Gasteiger partial charge in [-0.05, 0) is 66.2 Å². The number of rotatable bonds is 5. The first kappa shape index (κ1) is 24.2. The fourth-order valence-electron chi connectivity index (χ4n) is 4.77. The van der Waals surface area contributed by atoms with E-state index in [0.29, 0.717) is 59.9 Å². The lowest BCUT2D eigenvalue weighted by atomic mass is 10.0. The van der Waals surface area contributed by atoms with E-state index in [2.05, 4.69) is 10.2 Å². The molecule has 0 radical (unpaired) electrons. The minimum atomic E-state index is -0.451. The largest absolute Gasteiger partial charge is 0.459 e. The van der Waals surface area contributed by atoms with Crippen molar-refractivity contribution in [2.75, 3.05) is 36.4 Å². The molecule has 1 N–H and O–H groups in total. The maximum atomic E-state index is 13.0. The molecule has 0 atom stereocenters. The summed E-state index contributed by atoms with van der Waals surface area (Å²) >= 11 is 0. The van der Waals surface area contributed by atoms with Crippen LogP contribution >= 0.6 is 0 Å². The summed E-state index contributed by atoms with van der Waals surface area (Å²) in [5, 5.41) is 3.74. The molecule has 2 aromatic heterocycles. The molecule has 0 saturated carbocycles. The van der Waals surface area contributed by atoms with Gasteiger partial charge in [-0.15, -0.1) is 0 Å². The zero-order valence-electron chi connectivity index (χ0n) is 21.0. The highest BCUT2D eigenvalue weighted by Crippen LogP contribution is 2.24. The van der Waals surface area contributed by atoms with Crippen molar-refractivity contribution in [2.45, 2.75) is 0 Å². The van der Waals surface area contributed by atoms with Crippen LogP contribution in [0, 0.1) is 0 Å². The quantitative estimate of drug-likeness (QED) is 0.318. The SMILES string of the molecule is O=C(Nc1ccc(N2CCN(C(=O)c3ccco3)CC2)cc1)c1cccc(-c2cc3ccccc3oc2=O)c1. The zero-order chi connectivity index (χ0) is 26.8. The molecule has 1 fully saturated rings. The molecule has 1 aliphatic rings. The van der Waals surface area contributed by atoms with Crippen molar-refractivity contribution >= 4 is 34.2 Å². The monoisotopic (exact) mass is 519 g/mol. The topological polar surface area (TPSA) is 96.0 Å². The number of hydrogen-bond donors (Lipinski definition) is 1. The molecule has 8 nitrogen and oxygen atoms in total. The van der Waals surface area contributed by atoms with Crippen LogP contribution in [0.4, 0.5) is 11.4 Å². The second-order valence-corrected chi connectivity index (χ2v) is 9.32. The highest BCUT2D eigenvalue weighted by atomic mass is 16.4. The Morgan fingerprint density at radius 1 is 0.795 bits per heavy atom. The number of piperazine rings is 1.